The number of allylic oxidation sites excluding steroid dienone is 2. The standard InChI is InChI=1S/C19H37N/c1-8-11-15(3)17(5)18(19(6)12-10-13-19)16(4)14-20(7)9-2/h11,16-18H,8-10,12-14H2,1-7H3. The van der Waals surface area contributed by atoms with E-state index in [0.29, 0.717) is 5.41 Å². The molecule has 3 unspecified atom stereocenters. The van der Waals surface area contributed by atoms with Crippen LogP contribution >= 0.6 is 0 Å². The smallest absolute Gasteiger partial charge is 0.000692 e. The van der Waals surface area contributed by atoms with Crippen molar-refractivity contribution in [2.45, 2.75) is 67.2 Å². The summed E-state index contributed by atoms with van der Waals surface area (Å²) in [5.41, 5.74) is 2.19. The zero-order chi connectivity index (χ0) is 15.3. The van der Waals surface area contributed by atoms with Gasteiger partial charge in [-0.1, -0.05) is 52.7 Å². The average molecular weight is 280 g/mol. The average Bonchev–Trinajstić information content (AvgIpc) is 2.36. The molecule has 1 rings (SSSR count). The van der Waals surface area contributed by atoms with Crippen LogP contribution in [-0.2, 0) is 0 Å². The van der Waals surface area contributed by atoms with E-state index in [1.54, 1.807) is 5.57 Å². The lowest BCUT2D eigenvalue weighted by atomic mass is 9.55. The van der Waals surface area contributed by atoms with Gasteiger partial charge in [0, 0.05) is 6.54 Å². The Balaban J connectivity index is 2.88. The fourth-order valence-electron chi connectivity index (χ4n) is 4.38. The maximum atomic E-state index is 2.54. The molecule has 1 aliphatic carbocycles. The minimum Gasteiger partial charge on any atom is -0.306 e. The third kappa shape index (κ3) is 4.10. The molecule has 0 aromatic carbocycles. The highest BCUT2D eigenvalue weighted by atomic mass is 15.1. The van der Waals surface area contributed by atoms with Crippen LogP contribution in [0, 0.1) is 23.2 Å². The Labute approximate surface area is 127 Å². The van der Waals surface area contributed by atoms with Gasteiger partial charge in [0.15, 0.2) is 0 Å². The first-order valence-electron chi connectivity index (χ1n) is 8.70. The number of rotatable bonds is 8. The molecule has 118 valence electrons. The molecule has 0 amide bonds. The maximum absolute atomic E-state index is 2.54. The Bertz CT molecular complexity index is 314. The van der Waals surface area contributed by atoms with Gasteiger partial charge in [0.05, 0.1) is 0 Å². The highest BCUT2D eigenvalue weighted by Crippen LogP contribution is 2.53. The molecule has 0 aliphatic heterocycles. The van der Waals surface area contributed by atoms with Crippen molar-refractivity contribution in [3.8, 4) is 0 Å². The zero-order valence-corrected chi connectivity index (χ0v) is 15.0. The summed E-state index contributed by atoms with van der Waals surface area (Å²) >= 11 is 0. The van der Waals surface area contributed by atoms with Gasteiger partial charge in [0.1, 0.15) is 0 Å². The molecule has 3 atom stereocenters. The predicted octanol–water partition coefficient (Wildman–Crippen LogP) is 5.37. The lowest BCUT2D eigenvalue weighted by molar-refractivity contribution is 0.00219. The molecule has 1 heteroatoms. The molecule has 0 radical (unpaired) electrons. The monoisotopic (exact) mass is 279 g/mol. The number of nitrogens with zero attached hydrogens (tertiary/aromatic N) is 1. The topological polar surface area (TPSA) is 3.24 Å². The van der Waals surface area contributed by atoms with Crippen molar-refractivity contribution < 1.29 is 0 Å². The first-order chi connectivity index (χ1) is 9.35. The van der Waals surface area contributed by atoms with Gasteiger partial charge in [-0.05, 0) is 62.9 Å². The van der Waals surface area contributed by atoms with Crippen LogP contribution in [-0.4, -0.2) is 25.0 Å². The van der Waals surface area contributed by atoms with E-state index < -0.39 is 0 Å². The maximum Gasteiger partial charge on any atom is 0.000692 e. The summed E-state index contributed by atoms with van der Waals surface area (Å²) in [6.07, 6.45) is 7.91. The van der Waals surface area contributed by atoms with Crippen LogP contribution in [0.4, 0.5) is 0 Å². The molecule has 1 fully saturated rings. The third-order valence-electron chi connectivity index (χ3n) is 5.84. The zero-order valence-electron chi connectivity index (χ0n) is 15.0. The van der Waals surface area contributed by atoms with Crippen LogP contribution in [0.15, 0.2) is 11.6 Å². The van der Waals surface area contributed by atoms with Crippen molar-refractivity contribution in [2.75, 3.05) is 20.1 Å². The summed E-state index contributed by atoms with van der Waals surface area (Å²) in [4.78, 5) is 2.48. The van der Waals surface area contributed by atoms with Gasteiger partial charge in [-0.25, -0.2) is 0 Å². The van der Waals surface area contributed by atoms with E-state index in [1.807, 2.05) is 0 Å². The highest BCUT2D eigenvalue weighted by Gasteiger charge is 2.44. The lowest BCUT2D eigenvalue weighted by Gasteiger charge is -2.51. The normalized spacial score (nSPS) is 23.3. The second-order valence-electron chi connectivity index (χ2n) is 7.51. The van der Waals surface area contributed by atoms with E-state index in [2.05, 4.69) is 59.6 Å². The summed E-state index contributed by atoms with van der Waals surface area (Å²) in [6, 6.07) is 0. The van der Waals surface area contributed by atoms with Crippen LogP contribution in [0.5, 0.6) is 0 Å². The van der Waals surface area contributed by atoms with E-state index in [0.717, 1.165) is 24.3 Å². The Hall–Kier alpha value is -0.300. The highest BCUT2D eigenvalue weighted by molar-refractivity contribution is 5.08. The van der Waals surface area contributed by atoms with Crippen molar-refractivity contribution in [1.82, 2.24) is 4.90 Å². The fourth-order valence-corrected chi connectivity index (χ4v) is 4.38. The van der Waals surface area contributed by atoms with Gasteiger partial charge in [-0.2, -0.15) is 0 Å². The van der Waals surface area contributed by atoms with Gasteiger partial charge in [0.2, 0.25) is 0 Å². The number of hydrogen-bond acceptors (Lipinski definition) is 1. The minimum absolute atomic E-state index is 0.580. The quantitative estimate of drug-likeness (QED) is 0.540. The molecule has 0 aromatic heterocycles. The van der Waals surface area contributed by atoms with E-state index in [-0.39, 0.29) is 0 Å². The summed E-state index contributed by atoms with van der Waals surface area (Å²) in [6.45, 7) is 16.8. The summed E-state index contributed by atoms with van der Waals surface area (Å²) in [5, 5.41) is 0. The first kappa shape index (κ1) is 17.8. The van der Waals surface area contributed by atoms with Gasteiger partial charge in [-0.3, -0.25) is 0 Å². The van der Waals surface area contributed by atoms with Crippen LogP contribution in [0.2, 0.25) is 0 Å². The second-order valence-corrected chi connectivity index (χ2v) is 7.51. The van der Waals surface area contributed by atoms with E-state index in [1.165, 1.54) is 32.2 Å². The van der Waals surface area contributed by atoms with Crippen molar-refractivity contribution >= 4 is 0 Å². The molecule has 1 saturated carbocycles. The molecule has 1 nitrogen and oxygen atoms in total. The summed E-state index contributed by atoms with van der Waals surface area (Å²) < 4.78 is 0. The molecule has 20 heavy (non-hydrogen) atoms. The molecular formula is C19H37N. The molecular weight excluding hydrogens is 242 g/mol. The fraction of sp³-hybridized carbons (Fsp3) is 0.895. The van der Waals surface area contributed by atoms with E-state index >= 15 is 0 Å². The lowest BCUT2D eigenvalue weighted by Crippen LogP contribution is -2.44. The van der Waals surface area contributed by atoms with Crippen LogP contribution in [0.1, 0.15) is 67.2 Å². The Kier molecular flexibility index (Phi) is 6.78. The molecule has 0 N–H and O–H groups in total. The van der Waals surface area contributed by atoms with Crippen LogP contribution < -0.4 is 0 Å². The van der Waals surface area contributed by atoms with Crippen molar-refractivity contribution in [3.63, 3.8) is 0 Å². The van der Waals surface area contributed by atoms with Gasteiger partial charge >= 0.3 is 0 Å². The summed E-state index contributed by atoms with van der Waals surface area (Å²) in [5.74, 6) is 2.33. The molecule has 0 heterocycles. The number of hydrogen-bond donors (Lipinski definition) is 0. The minimum atomic E-state index is 0.580. The SMILES string of the molecule is CCC=C(C)C(C)C(C(C)CN(C)CC)C1(C)CCC1. The largest absolute Gasteiger partial charge is 0.306 e. The third-order valence-corrected chi connectivity index (χ3v) is 5.84. The molecule has 0 bridgehead atoms. The molecule has 0 spiro atoms. The van der Waals surface area contributed by atoms with Crippen LogP contribution in [0.3, 0.4) is 0 Å². The van der Waals surface area contributed by atoms with E-state index in [4.69, 9.17) is 0 Å². The van der Waals surface area contributed by atoms with Crippen molar-refractivity contribution in [3.05, 3.63) is 11.6 Å². The van der Waals surface area contributed by atoms with Gasteiger partial charge in [-0.15, -0.1) is 0 Å². The van der Waals surface area contributed by atoms with Gasteiger partial charge < -0.3 is 4.90 Å². The molecule has 1 aliphatic rings. The van der Waals surface area contributed by atoms with Crippen molar-refractivity contribution in [1.29, 1.82) is 0 Å². The predicted molar refractivity (Wildman–Crippen MR) is 91.0 cm³/mol. The molecule has 0 saturated heterocycles. The van der Waals surface area contributed by atoms with Crippen molar-refractivity contribution in [2.24, 2.45) is 23.2 Å². The Morgan fingerprint density at radius 1 is 1.25 bits per heavy atom. The first-order valence-corrected chi connectivity index (χ1v) is 8.70. The summed E-state index contributed by atoms with van der Waals surface area (Å²) in [7, 11) is 2.26. The Morgan fingerprint density at radius 3 is 2.25 bits per heavy atom. The molecule has 0 aromatic rings. The van der Waals surface area contributed by atoms with Crippen LogP contribution in [0.25, 0.3) is 0 Å². The second kappa shape index (κ2) is 7.64. The van der Waals surface area contributed by atoms with Gasteiger partial charge in [0.25, 0.3) is 0 Å². The van der Waals surface area contributed by atoms with E-state index in [9.17, 15) is 0 Å². The Morgan fingerprint density at radius 2 is 1.85 bits per heavy atom.